The first-order valence-electron chi connectivity index (χ1n) is 4.50. The minimum Gasteiger partial charge on any atom is -0.396 e. The monoisotopic (exact) mass is 233 g/mol. The van der Waals surface area contributed by atoms with Gasteiger partial charge >= 0.3 is 0 Å². The molecule has 5 N–H and O–H groups in total. The molecule has 1 aliphatic heterocycles. The van der Waals surface area contributed by atoms with Gasteiger partial charge in [0.05, 0.1) is 31.8 Å². The van der Waals surface area contributed by atoms with Crippen LogP contribution in [0, 0.1) is 5.41 Å². The van der Waals surface area contributed by atoms with Crippen LogP contribution in [0.15, 0.2) is 12.2 Å². The van der Waals surface area contributed by atoms with Gasteiger partial charge in [0.2, 0.25) is 0 Å². The minimum atomic E-state index is -1.11. The SMILES string of the molecule is O=C1C=CC(=O)N1.OCC(CO)(CO)CO. The van der Waals surface area contributed by atoms with E-state index in [1.54, 1.807) is 0 Å². The first-order valence-corrected chi connectivity index (χ1v) is 4.50. The Labute approximate surface area is 92.0 Å². The van der Waals surface area contributed by atoms with E-state index in [0.717, 1.165) is 0 Å². The molecule has 1 aliphatic rings. The molecular weight excluding hydrogens is 218 g/mol. The van der Waals surface area contributed by atoms with E-state index in [-0.39, 0.29) is 11.8 Å². The van der Waals surface area contributed by atoms with Gasteiger partial charge in [-0.25, -0.2) is 0 Å². The maximum atomic E-state index is 10.0. The summed E-state index contributed by atoms with van der Waals surface area (Å²) in [7, 11) is 0. The van der Waals surface area contributed by atoms with Crippen molar-refractivity contribution in [1.82, 2.24) is 5.32 Å². The number of amides is 2. The van der Waals surface area contributed by atoms with Crippen LogP contribution in [0.4, 0.5) is 0 Å². The fourth-order valence-electron chi connectivity index (χ4n) is 0.656. The third kappa shape index (κ3) is 4.49. The van der Waals surface area contributed by atoms with Gasteiger partial charge in [-0.05, 0) is 0 Å². The maximum Gasteiger partial charge on any atom is 0.250 e. The quantitative estimate of drug-likeness (QED) is 0.332. The number of carbonyl (C=O) groups is 2. The Hall–Kier alpha value is -1.28. The molecule has 0 aliphatic carbocycles. The van der Waals surface area contributed by atoms with E-state index in [4.69, 9.17) is 20.4 Å². The number of nitrogens with one attached hydrogen (secondary N) is 1. The first-order chi connectivity index (χ1) is 7.53. The summed E-state index contributed by atoms with van der Waals surface area (Å²) in [5.41, 5.74) is -1.11. The summed E-state index contributed by atoms with van der Waals surface area (Å²) >= 11 is 0. The van der Waals surface area contributed by atoms with Gasteiger partial charge in [0, 0.05) is 12.2 Å². The Balaban J connectivity index is 0.000000288. The number of carbonyl (C=O) groups excluding carboxylic acids is 2. The molecule has 92 valence electrons. The number of imide groups is 1. The second-order valence-corrected chi connectivity index (χ2v) is 3.32. The molecule has 16 heavy (non-hydrogen) atoms. The minimum absolute atomic E-state index is 0.329. The fourth-order valence-corrected chi connectivity index (χ4v) is 0.656. The molecular formula is C9H15NO6. The third-order valence-electron chi connectivity index (χ3n) is 1.97. The normalized spacial score (nSPS) is 14.5. The van der Waals surface area contributed by atoms with Crippen LogP contribution in [0.5, 0.6) is 0 Å². The Morgan fingerprint density at radius 1 is 0.875 bits per heavy atom. The van der Waals surface area contributed by atoms with E-state index in [1.165, 1.54) is 12.2 Å². The van der Waals surface area contributed by atoms with Crippen molar-refractivity contribution in [3.8, 4) is 0 Å². The molecule has 1 heterocycles. The number of hydrogen-bond acceptors (Lipinski definition) is 6. The van der Waals surface area contributed by atoms with Gasteiger partial charge in [-0.2, -0.15) is 0 Å². The summed E-state index contributed by atoms with van der Waals surface area (Å²) in [5.74, 6) is -0.657. The van der Waals surface area contributed by atoms with Crippen molar-refractivity contribution in [2.75, 3.05) is 26.4 Å². The third-order valence-corrected chi connectivity index (χ3v) is 1.97. The van der Waals surface area contributed by atoms with Gasteiger partial charge in [-0.1, -0.05) is 0 Å². The highest BCUT2D eigenvalue weighted by Crippen LogP contribution is 2.11. The summed E-state index contributed by atoms with van der Waals surface area (Å²) in [6.45, 7) is -1.62. The van der Waals surface area contributed by atoms with Crippen molar-refractivity contribution in [2.45, 2.75) is 0 Å². The van der Waals surface area contributed by atoms with Crippen LogP contribution in [0.2, 0.25) is 0 Å². The largest absolute Gasteiger partial charge is 0.396 e. The average Bonchev–Trinajstić information content (AvgIpc) is 2.67. The van der Waals surface area contributed by atoms with Crippen LogP contribution in [0.25, 0.3) is 0 Å². The highest BCUT2D eigenvalue weighted by molar-refractivity contribution is 6.12. The zero-order chi connectivity index (χ0) is 12.6. The van der Waals surface area contributed by atoms with Gasteiger partial charge in [0.15, 0.2) is 0 Å². The summed E-state index contributed by atoms with van der Waals surface area (Å²) in [5, 5.41) is 36.0. The molecule has 7 heteroatoms. The van der Waals surface area contributed by atoms with Crippen molar-refractivity contribution in [2.24, 2.45) is 5.41 Å². The molecule has 7 nitrogen and oxygen atoms in total. The van der Waals surface area contributed by atoms with Crippen molar-refractivity contribution in [3.05, 3.63) is 12.2 Å². The zero-order valence-corrected chi connectivity index (χ0v) is 8.59. The van der Waals surface area contributed by atoms with E-state index in [9.17, 15) is 9.59 Å². The van der Waals surface area contributed by atoms with Crippen molar-refractivity contribution in [1.29, 1.82) is 0 Å². The van der Waals surface area contributed by atoms with Gasteiger partial charge in [-0.15, -0.1) is 0 Å². The number of rotatable bonds is 4. The molecule has 0 radical (unpaired) electrons. The van der Waals surface area contributed by atoms with Gasteiger partial charge in [0.25, 0.3) is 11.8 Å². The molecule has 0 unspecified atom stereocenters. The molecule has 2 amide bonds. The summed E-state index contributed by atoms with van der Waals surface area (Å²) in [4.78, 5) is 20.1. The molecule has 0 aromatic heterocycles. The topological polar surface area (TPSA) is 127 Å². The van der Waals surface area contributed by atoms with Crippen LogP contribution >= 0.6 is 0 Å². The summed E-state index contributed by atoms with van der Waals surface area (Å²) < 4.78 is 0. The molecule has 1 rings (SSSR count). The Morgan fingerprint density at radius 2 is 1.19 bits per heavy atom. The van der Waals surface area contributed by atoms with Crippen molar-refractivity contribution in [3.63, 3.8) is 0 Å². The molecule has 0 atom stereocenters. The highest BCUT2D eigenvalue weighted by atomic mass is 16.3. The predicted molar refractivity (Wildman–Crippen MR) is 53.1 cm³/mol. The zero-order valence-electron chi connectivity index (χ0n) is 8.59. The number of hydrogen-bond donors (Lipinski definition) is 5. The van der Waals surface area contributed by atoms with Gasteiger partial charge in [0.1, 0.15) is 0 Å². The average molecular weight is 233 g/mol. The second-order valence-electron chi connectivity index (χ2n) is 3.32. The standard InChI is InChI=1S/C5H12O4.C4H3NO2/c6-1-5(2-7,3-8)4-9;6-3-1-2-4(7)5-3/h6-9H,1-4H2;1-2H,(H,5,6,7). The molecule has 0 aromatic rings. The van der Waals surface area contributed by atoms with Gasteiger partial charge < -0.3 is 20.4 Å². The van der Waals surface area contributed by atoms with Crippen LogP contribution in [0.1, 0.15) is 0 Å². The Morgan fingerprint density at radius 3 is 1.25 bits per heavy atom. The Bertz CT molecular complexity index is 238. The Kier molecular flexibility index (Phi) is 6.50. The molecule has 0 saturated carbocycles. The predicted octanol–water partition coefficient (Wildman–Crippen LogP) is -2.86. The summed E-state index contributed by atoms with van der Waals surface area (Å²) in [6, 6.07) is 0. The molecule has 0 aromatic carbocycles. The van der Waals surface area contributed by atoms with Crippen LogP contribution in [-0.2, 0) is 9.59 Å². The van der Waals surface area contributed by atoms with Crippen molar-refractivity contribution >= 4 is 11.8 Å². The lowest BCUT2D eigenvalue weighted by Crippen LogP contribution is -2.37. The number of aliphatic hydroxyl groups is 4. The summed E-state index contributed by atoms with van der Waals surface area (Å²) in [6.07, 6.45) is 2.39. The van der Waals surface area contributed by atoms with Crippen LogP contribution in [-0.4, -0.2) is 58.7 Å². The van der Waals surface area contributed by atoms with Gasteiger partial charge in [-0.3, -0.25) is 14.9 Å². The van der Waals surface area contributed by atoms with E-state index < -0.39 is 31.8 Å². The van der Waals surface area contributed by atoms with Crippen molar-refractivity contribution < 1.29 is 30.0 Å². The maximum absolute atomic E-state index is 10.0. The lowest BCUT2D eigenvalue weighted by atomic mass is 9.93. The highest BCUT2D eigenvalue weighted by Gasteiger charge is 2.26. The van der Waals surface area contributed by atoms with Crippen LogP contribution in [0.3, 0.4) is 0 Å². The molecule has 0 fully saturated rings. The van der Waals surface area contributed by atoms with E-state index in [1.807, 2.05) is 5.32 Å². The van der Waals surface area contributed by atoms with E-state index in [0.29, 0.717) is 0 Å². The molecule has 0 spiro atoms. The number of aliphatic hydroxyl groups excluding tert-OH is 4. The van der Waals surface area contributed by atoms with E-state index >= 15 is 0 Å². The second kappa shape index (κ2) is 7.07. The fraction of sp³-hybridized carbons (Fsp3) is 0.556. The van der Waals surface area contributed by atoms with E-state index in [2.05, 4.69) is 0 Å². The first kappa shape index (κ1) is 14.7. The van der Waals surface area contributed by atoms with Crippen LogP contribution < -0.4 is 5.32 Å². The lowest BCUT2D eigenvalue weighted by Gasteiger charge is -2.23. The smallest absolute Gasteiger partial charge is 0.250 e. The molecule has 0 bridgehead atoms. The lowest BCUT2D eigenvalue weighted by molar-refractivity contribution is -0.123. The molecule has 0 saturated heterocycles.